The molecule has 0 saturated heterocycles. The molecule has 4 nitrogen and oxygen atoms in total. The van der Waals surface area contributed by atoms with E-state index >= 15 is 0 Å². The van der Waals surface area contributed by atoms with Gasteiger partial charge in [0.1, 0.15) is 6.04 Å². The van der Waals surface area contributed by atoms with Gasteiger partial charge < -0.3 is 10.2 Å². The molecule has 2 aromatic carbocycles. The molecule has 0 bridgehead atoms. The van der Waals surface area contributed by atoms with Crippen LogP contribution in [0.5, 0.6) is 0 Å². The minimum atomic E-state index is -0.514. The van der Waals surface area contributed by atoms with E-state index in [0.717, 1.165) is 11.3 Å². The standard InChI is InChI=1S/C24H32N2O2S/c1-18(2)14-25-24(28)20(4)26(15-21-12-10-19(3)11-13-21)23(27)17-29-16-22-8-6-5-7-9-22/h5-13,18,20H,14-17H2,1-4H3,(H,25,28). The second-order valence-corrected chi connectivity index (χ2v) is 8.79. The monoisotopic (exact) mass is 412 g/mol. The van der Waals surface area contributed by atoms with Crippen LogP contribution in [-0.4, -0.2) is 35.1 Å². The summed E-state index contributed by atoms with van der Waals surface area (Å²) in [4.78, 5) is 27.3. The predicted octanol–water partition coefficient (Wildman–Crippen LogP) is 4.42. The zero-order valence-corrected chi connectivity index (χ0v) is 18.7. The SMILES string of the molecule is Cc1ccc(CN(C(=O)CSCc2ccccc2)C(C)C(=O)NCC(C)C)cc1. The van der Waals surface area contributed by atoms with Crippen LogP contribution in [-0.2, 0) is 21.9 Å². The summed E-state index contributed by atoms with van der Waals surface area (Å²) in [5.74, 6) is 1.38. The summed E-state index contributed by atoms with van der Waals surface area (Å²) in [6.45, 7) is 9.00. The van der Waals surface area contributed by atoms with Gasteiger partial charge in [-0.1, -0.05) is 74.0 Å². The molecule has 0 saturated carbocycles. The van der Waals surface area contributed by atoms with Gasteiger partial charge in [-0.15, -0.1) is 11.8 Å². The third-order valence-corrected chi connectivity index (χ3v) is 5.65. The van der Waals surface area contributed by atoms with E-state index < -0.39 is 6.04 Å². The molecule has 2 rings (SSSR count). The Morgan fingerprint density at radius 1 is 0.966 bits per heavy atom. The van der Waals surface area contributed by atoms with Gasteiger partial charge in [0.05, 0.1) is 5.75 Å². The Morgan fingerprint density at radius 3 is 2.24 bits per heavy atom. The number of nitrogens with one attached hydrogen (secondary N) is 1. The molecule has 2 amide bonds. The van der Waals surface area contributed by atoms with Crippen LogP contribution in [0.2, 0.25) is 0 Å². The van der Waals surface area contributed by atoms with Crippen molar-refractivity contribution in [3.63, 3.8) is 0 Å². The van der Waals surface area contributed by atoms with Gasteiger partial charge in [-0.2, -0.15) is 0 Å². The van der Waals surface area contributed by atoms with E-state index in [9.17, 15) is 9.59 Å². The number of hydrogen-bond acceptors (Lipinski definition) is 3. The van der Waals surface area contributed by atoms with E-state index in [1.807, 2.05) is 56.3 Å². The minimum Gasteiger partial charge on any atom is -0.354 e. The van der Waals surface area contributed by atoms with Crippen LogP contribution >= 0.6 is 11.8 Å². The highest BCUT2D eigenvalue weighted by molar-refractivity contribution is 7.99. The minimum absolute atomic E-state index is 0.0151. The van der Waals surface area contributed by atoms with Gasteiger partial charge in [0.15, 0.2) is 0 Å². The average molecular weight is 413 g/mol. The van der Waals surface area contributed by atoms with Crippen molar-refractivity contribution in [3.8, 4) is 0 Å². The van der Waals surface area contributed by atoms with Crippen molar-refractivity contribution >= 4 is 23.6 Å². The summed E-state index contributed by atoms with van der Waals surface area (Å²) in [7, 11) is 0. The predicted molar refractivity (Wildman–Crippen MR) is 122 cm³/mol. The Morgan fingerprint density at radius 2 is 1.62 bits per heavy atom. The molecule has 0 radical (unpaired) electrons. The third kappa shape index (κ3) is 7.94. The van der Waals surface area contributed by atoms with Gasteiger partial charge in [-0.3, -0.25) is 9.59 Å². The first kappa shape index (κ1) is 23.0. The number of aryl methyl sites for hydroxylation is 1. The highest BCUT2D eigenvalue weighted by Gasteiger charge is 2.26. The number of thioether (sulfide) groups is 1. The summed E-state index contributed by atoms with van der Waals surface area (Å²) in [5.41, 5.74) is 3.39. The molecule has 156 valence electrons. The second-order valence-electron chi connectivity index (χ2n) is 7.80. The lowest BCUT2D eigenvalue weighted by Crippen LogP contribution is -2.48. The van der Waals surface area contributed by atoms with Gasteiger partial charge in [0.2, 0.25) is 11.8 Å². The number of carbonyl (C=O) groups excluding carboxylic acids is 2. The van der Waals surface area contributed by atoms with E-state index in [2.05, 4.69) is 31.3 Å². The van der Waals surface area contributed by atoms with E-state index in [4.69, 9.17) is 0 Å². The van der Waals surface area contributed by atoms with Crippen LogP contribution < -0.4 is 5.32 Å². The summed E-state index contributed by atoms with van der Waals surface area (Å²) < 4.78 is 0. The first-order chi connectivity index (χ1) is 13.9. The lowest BCUT2D eigenvalue weighted by atomic mass is 10.1. The van der Waals surface area contributed by atoms with Crippen molar-refractivity contribution in [3.05, 3.63) is 71.3 Å². The van der Waals surface area contributed by atoms with Crippen molar-refractivity contribution in [2.75, 3.05) is 12.3 Å². The number of benzene rings is 2. The largest absolute Gasteiger partial charge is 0.354 e. The molecule has 1 N–H and O–H groups in total. The smallest absolute Gasteiger partial charge is 0.242 e. The quantitative estimate of drug-likeness (QED) is 0.628. The zero-order valence-electron chi connectivity index (χ0n) is 17.9. The summed E-state index contributed by atoms with van der Waals surface area (Å²) in [5, 5.41) is 2.95. The van der Waals surface area contributed by atoms with E-state index in [1.54, 1.807) is 16.7 Å². The number of hydrogen-bond donors (Lipinski definition) is 1. The van der Waals surface area contributed by atoms with Crippen molar-refractivity contribution in [2.24, 2.45) is 5.92 Å². The number of carbonyl (C=O) groups is 2. The normalized spacial score (nSPS) is 11.9. The van der Waals surface area contributed by atoms with Crippen LogP contribution in [0, 0.1) is 12.8 Å². The molecule has 1 atom stereocenters. The number of nitrogens with zero attached hydrogens (tertiary/aromatic N) is 1. The van der Waals surface area contributed by atoms with Gasteiger partial charge in [-0.25, -0.2) is 0 Å². The van der Waals surface area contributed by atoms with Crippen LogP contribution in [0.15, 0.2) is 54.6 Å². The molecular formula is C24H32N2O2S. The Hall–Kier alpha value is -2.27. The molecule has 29 heavy (non-hydrogen) atoms. The molecule has 2 aromatic rings. The third-order valence-electron chi connectivity index (χ3n) is 4.66. The summed E-state index contributed by atoms with van der Waals surface area (Å²) in [6.07, 6.45) is 0. The lowest BCUT2D eigenvalue weighted by molar-refractivity contribution is -0.138. The first-order valence-electron chi connectivity index (χ1n) is 10.1. The fourth-order valence-corrected chi connectivity index (χ4v) is 3.71. The molecule has 0 aliphatic carbocycles. The molecular weight excluding hydrogens is 380 g/mol. The number of rotatable bonds is 10. The van der Waals surface area contributed by atoms with E-state index in [-0.39, 0.29) is 11.8 Å². The average Bonchev–Trinajstić information content (AvgIpc) is 2.71. The second kappa shape index (κ2) is 11.7. The maximum absolute atomic E-state index is 13.0. The fourth-order valence-electron chi connectivity index (χ4n) is 2.84. The molecule has 0 spiro atoms. The highest BCUT2D eigenvalue weighted by Crippen LogP contribution is 2.16. The Bertz CT molecular complexity index is 775. The fraction of sp³-hybridized carbons (Fsp3) is 0.417. The Kier molecular flexibility index (Phi) is 9.26. The van der Waals surface area contributed by atoms with Crippen LogP contribution in [0.1, 0.15) is 37.5 Å². The van der Waals surface area contributed by atoms with Crippen molar-refractivity contribution < 1.29 is 9.59 Å². The maximum Gasteiger partial charge on any atom is 0.242 e. The van der Waals surface area contributed by atoms with Gasteiger partial charge in [-0.05, 0) is 30.9 Å². The van der Waals surface area contributed by atoms with Crippen LogP contribution in [0.25, 0.3) is 0 Å². The number of amides is 2. The summed E-state index contributed by atoms with van der Waals surface area (Å²) in [6, 6.07) is 17.7. The van der Waals surface area contributed by atoms with Crippen molar-refractivity contribution in [1.29, 1.82) is 0 Å². The molecule has 5 heteroatoms. The topological polar surface area (TPSA) is 49.4 Å². The molecule has 0 aliphatic heterocycles. The Balaban J connectivity index is 2.04. The van der Waals surface area contributed by atoms with Crippen LogP contribution in [0.3, 0.4) is 0 Å². The van der Waals surface area contributed by atoms with Crippen LogP contribution in [0.4, 0.5) is 0 Å². The summed E-state index contributed by atoms with van der Waals surface area (Å²) >= 11 is 1.58. The van der Waals surface area contributed by atoms with E-state index in [0.29, 0.717) is 24.8 Å². The van der Waals surface area contributed by atoms with Gasteiger partial charge in [0.25, 0.3) is 0 Å². The molecule has 0 heterocycles. The first-order valence-corrected chi connectivity index (χ1v) is 11.3. The molecule has 0 aliphatic rings. The highest BCUT2D eigenvalue weighted by atomic mass is 32.2. The molecule has 0 fully saturated rings. The van der Waals surface area contributed by atoms with Crippen molar-refractivity contribution in [1.82, 2.24) is 10.2 Å². The lowest BCUT2D eigenvalue weighted by Gasteiger charge is -2.29. The van der Waals surface area contributed by atoms with Gasteiger partial charge in [0, 0.05) is 18.8 Å². The van der Waals surface area contributed by atoms with Gasteiger partial charge >= 0.3 is 0 Å². The Labute approximate surface area is 179 Å². The maximum atomic E-state index is 13.0. The molecule has 0 aromatic heterocycles. The molecule has 1 unspecified atom stereocenters. The zero-order chi connectivity index (χ0) is 21.2. The van der Waals surface area contributed by atoms with E-state index in [1.165, 1.54) is 11.1 Å². The van der Waals surface area contributed by atoms with Crippen molar-refractivity contribution in [2.45, 2.75) is 46.0 Å².